The van der Waals surface area contributed by atoms with E-state index >= 15 is 0 Å². The van der Waals surface area contributed by atoms with E-state index in [-0.39, 0.29) is 5.82 Å². The van der Waals surface area contributed by atoms with E-state index in [1.165, 1.54) is 6.07 Å². The molecule has 2 heterocycles. The first-order chi connectivity index (χ1) is 11.5. The van der Waals surface area contributed by atoms with Crippen LogP contribution in [0.4, 0.5) is 4.39 Å². The lowest BCUT2D eigenvalue weighted by Crippen LogP contribution is -1.97. The van der Waals surface area contributed by atoms with Gasteiger partial charge >= 0.3 is 0 Å². The van der Waals surface area contributed by atoms with Crippen molar-refractivity contribution in [3.63, 3.8) is 0 Å². The van der Waals surface area contributed by atoms with Gasteiger partial charge in [0, 0.05) is 16.6 Å². The number of hydrogen-bond donors (Lipinski definition) is 1. The maximum atomic E-state index is 13.5. The van der Waals surface area contributed by atoms with Crippen molar-refractivity contribution < 1.29 is 4.39 Å². The van der Waals surface area contributed by atoms with Gasteiger partial charge in [-0.3, -0.25) is 5.10 Å². The summed E-state index contributed by atoms with van der Waals surface area (Å²) in [5.41, 5.74) is 6.72. The van der Waals surface area contributed by atoms with Gasteiger partial charge in [0.25, 0.3) is 0 Å². The zero-order valence-corrected chi connectivity index (χ0v) is 13.8. The highest BCUT2D eigenvalue weighted by Gasteiger charge is 2.12. The molecule has 2 aromatic carbocycles. The Hall–Kier alpha value is -2.95. The van der Waals surface area contributed by atoms with Crippen LogP contribution in [0.1, 0.15) is 17.0 Å². The molecule has 0 saturated heterocycles. The normalized spacial score (nSPS) is 11.3. The predicted octanol–water partition coefficient (Wildman–Crippen LogP) is 4.48. The molecule has 0 atom stereocenters. The van der Waals surface area contributed by atoms with Crippen molar-refractivity contribution in [2.24, 2.45) is 0 Å². The van der Waals surface area contributed by atoms with Crippen LogP contribution in [0.2, 0.25) is 0 Å². The summed E-state index contributed by atoms with van der Waals surface area (Å²) < 4.78 is 15.3. The third-order valence-electron chi connectivity index (χ3n) is 4.37. The molecule has 0 fully saturated rings. The molecule has 0 aliphatic heterocycles. The Balaban J connectivity index is 1.85. The van der Waals surface area contributed by atoms with Crippen molar-refractivity contribution in [1.82, 2.24) is 20.0 Å². The fourth-order valence-corrected chi connectivity index (χ4v) is 3.13. The van der Waals surface area contributed by atoms with Crippen molar-refractivity contribution in [2.45, 2.75) is 20.8 Å². The molecule has 0 aliphatic carbocycles. The number of hydrogen-bond acceptors (Lipinski definition) is 2. The molecule has 0 bridgehead atoms. The highest BCUT2D eigenvalue weighted by molar-refractivity contribution is 5.86. The van der Waals surface area contributed by atoms with Gasteiger partial charge in [-0.1, -0.05) is 6.07 Å². The second kappa shape index (κ2) is 5.30. The van der Waals surface area contributed by atoms with Gasteiger partial charge in [-0.15, -0.1) is 0 Å². The summed E-state index contributed by atoms with van der Waals surface area (Å²) in [6.07, 6.45) is 1.84. The monoisotopic (exact) mass is 320 g/mol. The first-order valence-electron chi connectivity index (χ1n) is 7.81. The van der Waals surface area contributed by atoms with Crippen LogP contribution in [0.5, 0.6) is 0 Å². The van der Waals surface area contributed by atoms with Gasteiger partial charge in [0.05, 0.1) is 23.1 Å². The molecule has 0 saturated carbocycles. The minimum Gasteiger partial charge on any atom is -0.282 e. The van der Waals surface area contributed by atoms with Crippen molar-refractivity contribution >= 4 is 10.9 Å². The topological polar surface area (TPSA) is 46.5 Å². The van der Waals surface area contributed by atoms with Gasteiger partial charge in [0.15, 0.2) is 0 Å². The molecule has 0 amide bonds. The summed E-state index contributed by atoms with van der Waals surface area (Å²) in [7, 11) is 0. The SMILES string of the molecule is Cc1cc(-n2ncc3cc(-c4c(C)n[nH]c4C)ccc32)ccc1F. The number of nitrogens with zero attached hydrogens (tertiary/aromatic N) is 3. The number of fused-ring (bicyclic) bond motifs is 1. The molecule has 0 aliphatic rings. The van der Waals surface area contributed by atoms with Gasteiger partial charge in [-0.05, 0) is 62.2 Å². The largest absolute Gasteiger partial charge is 0.282 e. The minimum absolute atomic E-state index is 0.205. The van der Waals surface area contributed by atoms with Crippen LogP contribution >= 0.6 is 0 Å². The Labute approximate surface area is 138 Å². The van der Waals surface area contributed by atoms with Crippen LogP contribution in [-0.4, -0.2) is 20.0 Å². The maximum absolute atomic E-state index is 13.5. The van der Waals surface area contributed by atoms with Crippen molar-refractivity contribution in [2.75, 3.05) is 0 Å². The van der Waals surface area contributed by atoms with Crippen molar-refractivity contribution in [1.29, 1.82) is 0 Å². The highest BCUT2D eigenvalue weighted by atomic mass is 19.1. The first kappa shape index (κ1) is 14.6. The van der Waals surface area contributed by atoms with Gasteiger partial charge in [-0.25, -0.2) is 9.07 Å². The van der Waals surface area contributed by atoms with E-state index in [9.17, 15) is 4.39 Å². The summed E-state index contributed by atoms with van der Waals surface area (Å²) in [6.45, 7) is 5.77. The molecule has 1 N–H and O–H groups in total. The third-order valence-corrected chi connectivity index (χ3v) is 4.37. The molecule has 4 aromatic rings. The van der Waals surface area contributed by atoms with Crippen LogP contribution < -0.4 is 0 Å². The van der Waals surface area contributed by atoms with E-state index in [0.29, 0.717) is 5.56 Å². The van der Waals surface area contributed by atoms with Gasteiger partial charge in [0.1, 0.15) is 5.82 Å². The number of aromatic nitrogens is 4. The van der Waals surface area contributed by atoms with Crippen LogP contribution in [0, 0.1) is 26.6 Å². The molecule has 0 unspecified atom stereocenters. The molecule has 5 heteroatoms. The first-order valence-corrected chi connectivity index (χ1v) is 7.81. The standard InChI is InChI=1S/C19H17FN4/c1-11-8-16(5-6-17(11)20)24-18-7-4-14(9-15(18)10-21-24)19-12(2)22-23-13(19)3/h4-10H,1-3H3,(H,22,23). The summed E-state index contributed by atoms with van der Waals surface area (Å²) in [4.78, 5) is 0. The van der Waals surface area contributed by atoms with Crippen LogP contribution in [-0.2, 0) is 0 Å². The molecule has 0 spiro atoms. The third kappa shape index (κ3) is 2.21. The second-order valence-electron chi connectivity index (χ2n) is 6.07. The lowest BCUT2D eigenvalue weighted by molar-refractivity contribution is 0.617. The minimum atomic E-state index is -0.205. The Morgan fingerprint density at radius 2 is 1.88 bits per heavy atom. The summed E-state index contributed by atoms with van der Waals surface area (Å²) in [5.74, 6) is -0.205. The number of H-pyrrole nitrogens is 1. The number of aryl methyl sites for hydroxylation is 3. The molecule has 4 nitrogen and oxygen atoms in total. The van der Waals surface area contributed by atoms with E-state index in [1.807, 2.05) is 30.8 Å². The number of nitrogens with one attached hydrogen (secondary N) is 1. The van der Waals surface area contributed by atoms with E-state index < -0.39 is 0 Å². The molecule has 2 aromatic heterocycles. The average Bonchev–Trinajstić information content (AvgIpc) is 3.13. The number of benzene rings is 2. The smallest absolute Gasteiger partial charge is 0.126 e. The number of rotatable bonds is 2. The van der Waals surface area contributed by atoms with Gasteiger partial charge in [0.2, 0.25) is 0 Å². The highest BCUT2D eigenvalue weighted by Crippen LogP contribution is 2.29. The predicted molar refractivity (Wildman–Crippen MR) is 92.8 cm³/mol. The van der Waals surface area contributed by atoms with E-state index in [1.54, 1.807) is 19.1 Å². The van der Waals surface area contributed by atoms with E-state index in [2.05, 4.69) is 27.4 Å². The Morgan fingerprint density at radius 1 is 1.04 bits per heavy atom. The number of aromatic amines is 1. The van der Waals surface area contributed by atoms with Crippen LogP contribution in [0.15, 0.2) is 42.6 Å². The average molecular weight is 320 g/mol. The zero-order valence-electron chi connectivity index (χ0n) is 13.8. The van der Waals surface area contributed by atoms with Crippen LogP contribution in [0.25, 0.3) is 27.7 Å². The zero-order chi connectivity index (χ0) is 16.8. The Kier molecular flexibility index (Phi) is 3.23. The molecular formula is C19H17FN4. The second-order valence-corrected chi connectivity index (χ2v) is 6.07. The lowest BCUT2D eigenvalue weighted by atomic mass is 10.0. The lowest BCUT2D eigenvalue weighted by Gasteiger charge is -2.07. The van der Waals surface area contributed by atoms with Gasteiger partial charge in [-0.2, -0.15) is 10.2 Å². The Morgan fingerprint density at radius 3 is 2.58 bits per heavy atom. The summed E-state index contributed by atoms with van der Waals surface area (Å²) in [5, 5.41) is 12.8. The van der Waals surface area contributed by atoms with E-state index in [0.717, 1.165) is 39.1 Å². The molecule has 120 valence electrons. The van der Waals surface area contributed by atoms with E-state index in [4.69, 9.17) is 0 Å². The van der Waals surface area contributed by atoms with Crippen molar-refractivity contribution in [3.8, 4) is 16.8 Å². The molecule has 4 rings (SSSR count). The van der Waals surface area contributed by atoms with Crippen molar-refractivity contribution in [3.05, 3.63) is 65.4 Å². The molecular weight excluding hydrogens is 303 g/mol. The Bertz CT molecular complexity index is 1040. The van der Waals surface area contributed by atoms with Gasteiger partial charge < -0.3 is 0 Å². The maximum Gasteiger partial charge on any atom is 0.126 e. The quantitative estimate of drug-likeness (QED) is 0.592. The molecule has 24 heavy (non-hydrogen) atoms. The number of halogens is 1. The fourth-order valence-electron chi connectivity index (χ4n) is 3.13. The fraction of sp³-hybridized carbons (Fsp3) is 0.158. The van der Waals surface area contributed by atoms with Crippen LogP contribution in [0.3, 0.4) is 0 Å². The molecule has 0 radical (unpaired) electrons. The summed E-state index contributed by atoms with van der Waals surface area (Å²) in [6, 6.07) is 11.3. The summed E-state index contributed by atoms with van der Waals surface area (Å²) >= 11 is 0.